The van der Waals surface area contributed by atoms with E-state index in [2.05, 4.69) is 0 Å². The Kier molecular flexibility index (Phi) is 4.59. The molecule has 3 heteroatoms. The maximum atomic E-state index is 12.6. The van der Waals surface area contributed by atoms with Crippen molar-refractivity contribution in [2.24, 2.45) is 0 Å². The van der Waals surface area contributed by atoms with Crippen LogP contribution in [-0.2, 0) is 0 Å². The molecule has 0 aromatic heterocycles. The number of carbonyl (C=O) groups is 1. The Labute approximate surface area is 114 Å². The lowest BCUT2D eigenvalue weighted by molar-refractivity contribution is 0.0113. The zero-order valence-corrected chi connectivity index (χ0v) is 11.5. The average molecular weight is 262 g/mol. The third-order valence-corrected chi connectivity index (χ3v) is 3.70. The second-order valence-electron chi connectivity index (χ2n) is 5.27. The summed E-state index contributed by atoms with van der Waals surface area (Å²) < 4.78 is 5.61. The summed E-state index contributed by atoms with van der Waals surface area (Å²) in [4.78, 5) is 12.6. The van der Waals surface area contributed by atoms with Crippen LogP contribution >= 0.6 is 0 Å². The molecule has 3 nitrogen and oxygen atoms in total. The highest BCUT2D eigenvalue weighted by Gasteiger charge is 2.38. The summed E-state index contributed by atoms with van der Waals surface area (Å²) in [6.45, 7) is 2.61. The van der Waals surface area contributed by atoms with Gasteiger partial charge in [-0.1, -0.05) is 38.3 Å². The van der Waals surface area contributed by atoms with E-state index in [0.29, 0.717) is 30.8 Å². The maximum Gasteiger partial charge on any atom is 0.198 e. The lowest BCUT2D eigenvalue weighted by atomic mass is 9.79. The summed E-state index contributed by atoms with van der Waals surface area (Å²) in [5.74, 6) is 0.409. The summed E-state index contributed by atoms with van der Waals surface area (Å²) in [6.07, 6.45) is 4.96. The van der Waals surface area contributed by atoms with Crippen LogP contribution in [0, 0.1) is 0 Å². The molecule has 1 saturated carbocycles. The number of carbonyl (C=O) groups excluding carboxylic acids is 1. The quantitative estimate of drug-likeness (QED) is 0.828. The molecule has 1 fully saturated rings. The second kappa shape index (κ2) is 6.20. The van der Waals surface area contributed by atoms with Gasteiger partial charge in [0.2, 0.25) is 0 Å². The highest BCUT2D eigenvalue weighted by molar-refractivity contribution is 6.04. The van der Waals surface area contributed by atoms with Gasteiger partial charge in [0.1, 0.15) is 11.4 Å². The van der Waals surface area contributed by atoms with Crippen molar-refractivity contribution in [3.05, 3.63) is 29.8 Å². The number of ketones is 1. The average Bonchev–Trinajstić information content (AvgIpc) is 2.45. The van der Waals surface area contributed by atoms with E-state index < -0.39 is 5.60 Å². The first-order valence-corrected chi connectivity index (χ1v) is 7.16. The number of aliphatic hydroxyl groups is 1. The van der Waals surface area contributed by atoms with Crippen molar-refractivity contribution in [3.63, 3.8) is 0 Å². The molecule has 0 bridgehead atoms. The van der Waals surface area contributed by atoms with Crippen LogP contribution in [0.5, 0.6) is 5.75 Å². The monoisotopic (exact) mass is 262 g/mol. The Morgan fingerprint density at radius 3 is 2.63 bits per heavy atom. The van der Waals surface area contributed by atoms with Crippen molar-refractivity contribution in [1.82, 2.24) is 0 Å². The molecule has 1 aromatic carbocycles. The molecular weight excluding hydrogens is 240 g/mol. The lowest BCUT2D eigenvalue weighted by Crippen LogP contribution is -2.40. The Hall–Kier alpha value is -1.35. The van der Waals surface area contributed by atoms with Gasteiger partial charge >= 0.3 is 0 Å². The summed E-state index contributed by atoms with van der Waals surface area (Å²) in [6, 6.07) is 7.22. The van der Waals surface area contributed by atoms with Crippen molar-refractivity contribution in [3.8, 4) is 5.75 Å². The van der Waals surface area contributed by atoms with Crippen molar-refractivity contribution >= 4 is 5.78 Å². The third-order valence-electron chi connectivity index (χ3n) is 3.70. The fourth-order valence-electron chi connectivity index (χ4n) is 2.61. The van der Waals surface area contributed by atoms with Gasteiger partial charge in [0.15, 0.2) is 5.78 Å². The van der Waals surface area contributed by atoms with Crippen LogP contribution in [0.2, 0.25) is 0 Å². The van der Waals surface area contributed by atoms with Gasteiger partial charge in [0.25, 0.3) is 0 Å². The van der Waals surface area contributed by atoms with E-state index in [1.165, 1.54) is 0 Å². The standard InChI is InChI=1S/C16H22O3/c1-2-12-19-14-9-5-4-8-13(14)15(17)16(18)10-6-3-7-11-16/h4-5,8-9,18H,2-3,6-7,10-12H2,1H3. The van der Waals surface area contributed by atoms with Gasteiger partial charge in [-0.15, -0.1) is 0 Å². The van der Waals surface area contributed by atoms with Gasteiger partial charge in [0, 0.05) is 0 Å². The molecule has 0 amide bonds. The number of para-hydroxylation sites is 1. The van der Waals surface area contributed by atoms with Crippen LogP contribution in [0.3, 0.4) is 0 Å². The van der Waals surface area contributed by atoms with Gasteiger partial charge in [-0.25, -0.2) is 0 Å². The van der Waals surface area contributed by atoms with Crippen LogP contribution in [0.1, 0.15) is 55.8 Å². The van der Waals surface area contributed by atoms with Crippen LogP contribution in [0.15, 0.2) is 24.3 Å². The van der Waals surface area contributed by atoms with Crippen molar-refractivity contribution in [1.29, 1.82) is 0 Å². The first-order valence-electron chi connectivity index (χ1n) is 7.16. The Bertz CT molecular complexity index is 433. The molecule has 0 unspecified atom stereocenters. The Morgan fingerprint density at radius 1 is 1.26 bits per heavy atom. The Balaban J connectivity index is 2.22. The zero-order valence-electron chi connectivity index (χ0n) is 11.5. The molecule has 0 aliphatic heterocycles. The molecule has 19 heavy (non-hydrogen) atoms. The van der Waals surface area contributed by atoms with Crippen LogP contribution in [0.25, 0.3) is 0 Å². The van der Waals surface area contributed by atoms with E-state index in [-0.39, 0.29) is 5.78 Å². The van der Waals surface area contributed by atoms with Gasteiger partial charge in [0.05, 0.1) is 12.2 Å². The van der Waals surface area contributed by atoms with E-state index in [9.17, 15) is 9.90 Å². The molecular formula is C16H22O3. The van der Waals surface area contributed by atoms with Crippen LogP contribution in [0.4, 0.5) is 0 Å². The highest BCUT2D eigenvalue weighted by atomic mass is 16.5. The maximum absolute atomic E-state index is 12.6. The summed E-state index contributed by atoms with van der Waals surface area (Å²) in [5, 5.41) is 10.5. The minimum absolute atomic E-state index is 0.182. The molecule has 1 aromatic rings. The van der Waals surface area contributed by atoms with Crippen LogP contribution in [-0.4, -0.2) is 23.1 Å². The van der Waals surface area contributed by atoms with E-state index >= 15 is 0 Å². The number of ether oxygens (including phenoxy) is 1. The topological polar surface area (TPSA) is 46.5 Å². The third kappa shape index (κ3) is 3.16. The van der Waals surface area contributed by atoms with E-state index in [4.69, 9.17) is 4.74 Å². The molecule has 104 valence electrons. The van der Waals surface area contributed by atoms with Crippen molar-refractivity contribution < 1.29 is 14.6 Å². The smallest absolute Gasteiger partial charge is 0.198 e. The molecule has 0 radical (unpaired) electrons. The predicted octanol–water partition coefficient (Wildman–Crippen LogP) is 3.35. The SMILES string of the molecule is CCCOc1ccccc1C(=O)C1(O)CCCCC1. The lowest BCUT2D eigenvalue weighted by Gasteiger charge is -2.31. The number of rotatable bonds is 5. The summed E-state index contributed by atoms with van der Waals surface area (Å²) in [5.41, 5.74) is -0.676. The number of hydrogen-bond acceptors (Lipinski definition) is 3. The second-order valence-corrected chi connectivity index (χ2v) is 5.27. The number of Topliss-reactive ketones (excluding diaryl/α,β-unsaturated/α-hetero) is 1. The van der Waals surface area contributed by atoms with E-state index in [0.717, 1.165) is 25.7 Å². The zero-order chi connectivity index (χ0) is 13.7. The molecule has 2 rings (SSSR count). The number of benzene rings is 1. The van der Waals surface area contributed by atoms with Gasteiger partial charge in [-0.3, -0.25) is 4.79 Å². The summed E-state index contributed by atoms with van der Waals surface area (Å²) >= 11 is 0. The van der Waals surface area contributed by atoms with Crippen LogP contribution < -0.4 is 4.74 Å². The first kappa shape index (κ1) is 14.1. The molecule has 1 aliphatic rings. The van der Waals surface area contributed by atoms with E-state index in [1.54, 1.807) is 12.1 Å². The molecule has 1 aliphatic carbocycles. The fourth-order valence-corrected chi connectivity index (χ4v) is 2.61. The van der Waals surface area contributed by atoms with E-state index in [1.807, 2.05) is 19.1 Å². The Morgan fingerprint density at radius 2 is 1.95 bits per heavy atom. The predicted molar refractivity (Wildman–Crippen MR) is 74.6 cm³/mol. The van der Waals surface area contributed by atoms with Gasteiger partial charge in [-0.05, 0) is 31.4 Å². The molecule has 0 saturated heterocycles. The summed E-state index contributed by atoms with van der Waals surface area (Å²) in [7, 11) is 0. The first-order chi connectivity index (χ1) is 9.17. The van der Waals surface area contributed by atoms with Gasteiger partial charge < -0.3 is 9.84 Å². The molecule has 0 spiro atoms. The van der Waals surface area contributed by atoms with Gasteiger partial charge in [-0.2, -0.15) is 0 Å². The van der Waals surface area contributed by atoms with Crippen molar-refractivity contribution in [2.75, 3.05) is 6.61 Å². The number of hydrogen-bond donors (Lipinski definition) is 1. The minimum atomic E-state index is -1.19. The van der Waals surface area contributed by atoms with Crippen molar-refractivity contribution in [2.45, 2.75) is 51.0 Å². The molecule has 1 N–H and O–H groups in total. The fraction of sp³-hybridized carbons (Fsp3) is 0.562. The molecule has 0 heterocycles. The largest absolute Gasteiger partial charge is 0.493 e. The highest BCUT2D eigenvalue weighted by Crippen LogP contribution is 2.33. The normalized spacial score (nSPS) is 18.0. The molecule has 0 atom stereocenters. The minimum Gasteiger partial charge on any atom is -0.493 e.